The first kappa shape index (κ1) is 15.8. The molecule has 3 aromatic rings. The molecule has 0 radical (unpaired) electrons. The van der Waals surface area contributed by atoms with Crippen LogP contribution in [-0.2, 0) is 17.9 Å². The number of amides is 1. The van der Waals surface area contributed by atoms with Crippen LogP contribution in [-0.4, -0.2) is 49.2 Å². The van der Waals surface area contributed by atoms with Gasteiger partial charge in [0.1, 0.15) is 0 Å². The molecule has 0 fully saturated rings. The number of likely N-dealkylation sites (N-methyl/N-ethyl adjacent to an activating group) is 1. The summed E-state index contributed by atoms with van der Waals surface area (Å²) < 4.78 is 3.97. The predicted molar refractivity (Wildman–Crippen MR) is 94.0 cm³/mol. The first-order valence-electron chi connectivity index (χ1n) is 8.79. The Kier molecular flexibility index (Phi) is 4.21. The van der Waals surface area contributed by atoms with E-state index in [0.29, 0.717) is 12.4 Å². The molecule has 7 heteroatoms. The van der Waals surface area contributed by atoms with E-state index in [-0.39, 0.29) is 11.8 Å². The molecule has 1 atom stereocenters. The molecule has 2 aromatic heterocycles. The van der Waals surface area contributed by atoms with Crippen molar-refractivity contribution in [2.45, 2.75) is 38.3 Å². The summed E-state index contributed by atoms with van der Waals surface area (Å²) in [5.74, 6) is 0.582. The second-order valence-corrected chi connectivity index (χ2v) is 6.64. The number of tetrazole rings is 1. The van der Waals surface area contributed by atoms with Crippen molar-refractivity contribution in [3.63, 3.8) is 0 Å². The molecule has 0 saturated heterocycles. The third-order valence-corrected chi connectivity index (χ3v) is 5.01. The van der Waals surface area contributed by atoms with Gasteiger partial charge in [0, 0.05) is 38.4 Å². The molecule has 0 spiro atoms. The van der Waals surface area contributed by atoms with Crippen LogP contribution in [0.5, 0.6) is 0 Å². The Balaban J connectivity index is 1.46. The number of rotatable bonds is 4. The van der Waals surface area contributed by atoms with E-state index in [1.54, 1.807) is 4.68 Å². The average molecular weight is 338 g/mol. The van der Waals surface area contributed by atoms with Gasteiger partial charge in [0.2, 0.25) is 5.91 Å². The Labute approximate surface area is 146 Å². The first-order valence-corrected chi connectivity index (χ1v) is 8.79. The first-order chi connectivity index (χ1) is 12.2. The highest BCUT2D eigenvalue weighted by atomic mass is 16.2. The Morgan fingerprint density at radius 2 is 2.16 bits per heavy atom. The van der Waals surface area contributed by atoms with Crippen LogP contribution in [0.1, 0.15) is 31.0 Å². The second kappa shape index (κ2) is 6.66. The number of nitrogens with zero attached hydrogens (tertiary/aromatic N) is 6. The Morgan fingerprint density at radius 3 is 3.08 bits per heavy atom. The quantitative estimate of drug-likeness (QED) is 0.730. The van der Waals surface area contributed by atoms with Gasteiger partial charge in [-0.2, -0.15) is 0 Å². The highest BCUT2D eigenvalue weighted by Crippen LogP contribution is 2.25. The summed E-state index contributed by atoms with van der Waals surface area (Å²) in [7, 11) is 1.87. The van der Waals surface area contributed by atoms with E-state index in [0.717, 1.165) is 32.4 Å². The largest absolute Gasteiger partial charge is 0.346 e. The lowest BCUT2D eigenvalue weighted by Crippen LogP contribution is -2.35. The zero-order valence-corrected chi connectivity index (χ0v) is 14.4. The summed E-state index contributed by atoms with van der Waals surface area (Å²) in [5, 5.41) is 13.1. The molecule has 1 aliphatic rings. The summed E-state index contributed by atoms with van der Waals surface area (Å²) in [6, 6.07) is 10.4. The smallest absolute Gasteiger partial charge is 0.233 e. The highest BCUT2D eigenvalue weighted by Gasteiger charge is 2.30. The summed E-state index contributed by atoms with van der Waals surface area (Å²) in [4.78, 5) is 14.8. The molecule has 7 nitrogen and oxygen atoms in total. The van der Waals surface area contributed by atoms with Gasteiger partial charge in [-0.3, -0.25) is 4.79 Å². The molecule has 0 aliphatic carbocycles. The average Bonchev–Trinajstić information content (AvgIpc) is 3.22. The lowest BCUT2D eigenvalue weighted by Gasteiger charge is -2.22. The zero-order valence-electron chi connectivity index (χ0n) is 14.4. The number of benzene rings is 1. The fourth-order valence-corrected chi connectivity index (χ4v) is 3.56. The van der Waals surface area contributed by atoms with Crippen molar-refractivity contribution >= 4 is 16.8 Å². The molecule has 0 N–H and O–H groups in total. The lowest BCUT2D eigenvalue weighted by molar-refractivity contribution is -0.132. The van der Waals surface area contributed by atoms with Gasteiger partial charge >= 0.3 is 0 Å². The molecular weight excluding hydrogens is 316 g/mol. The highest BCUT2D eigenvalue weighted by molar-refractivity contribution is 5.83. The number of carbonyl (C=O) groups excluding carboxylic acids is 1. The van der Waals surface area contributed by atoms with Crippen molar-refractivity contribution in [2.75, 3.05) is 13.6 Å². The predicted octanol–water partition coefficient (Wildman–Crippen LogP) is 2.05. The fraction of sp³-hybridized carbons (Fsp3) is 0.444. The van der Waals surface area contributed by atoms with E-state index in [2.05, 4.69) is 44.5 Å². The molecule has 0 bridgehead atoms. The number of carbonyl (C=O) groups is 1. The fourth-order valence-electron chi connectivity index (χ4n) is 3.56. The summed E-state index contributed by atoms with van der Waals surface area (Å²) >= 11 is 0. The Morgan fingerprint density at radius 1 is 1.28 bits per heavy atom. The topological polar surface area (TPSA) is 68.8 Å². The molecule has 4 rings (SSSR count). The normalized spacial score (nSPS) is 17.2. The van der Waals surface area contributed by atoms with Crippen molar-refractivity contribution in [2.24, 2.45) is 0 Å². The zero-order chi connectivity index (χ0) is 17.2. The summed E-state index contributed by atoms with van der Waals surface area (Å²) in [6.45, 7) is 2.23. The van der Waals surface area contributed by atoms with Gasteiger partial charge in [0.15, 0.2) is 5.82 Å². The van der Waals surface area contributed by atoms with E-state index >= 15 is 0 Å². The van der Waals surface area contributed by atoms with Crippen LogP contribution < -0.4 is 0 Å². The van der Waals surface area contributed by atoms with Crippen LogP contribution in [0.25, 0.3) is 10.9 Å². The van der Waals surface area contributed by atoms with Crippen LogP contribution in [0, 0.1) is 0 Å². The molecule has 25 heavy (non-hydrogen) atoms. The van der Waals surface area contributed by atoms with Gasteiger partial charge in [-0.05, 0) is 40.8 Å². The lowest BCUT2D eigenvalue weighted by atomic mass is 10.0. The molecule has 1 amide bonds. The van der Waals surface area contributed by atoms with Gasteiger partial charge in [-0.15, -0.1) is 5.10 Å². The maximum Gasteiger partial charge on any atom is 0.233 e. The van der Waals surface area contributed by atoms with E-state index < -0.39 is 0 Å². The van der Waals surface area contributed by atoms with E-state index in [1.165, 1.54) is 10.9 Å². The summed E-state index contributed by atoms with van der Waals surface area (Å²) in [6.07, 6.45) is 4.92. The molecule has 1 aliphatic heterocycles. The maximum absolute atomic E-state index is 12.9. The van der Waals surface area contributed by atoms with Crippen molar-refractivity contribution in [3.05, 3.63) is 42.4 Å². The number of fused-ring (bicyclic) bond motifs is 2. The molecule has 1 aromatic carbocycles. The number of hydrogen-bond donors (Lipinski definition) is 0. The van der Waals surface area contributed by atoms with Gasteiger partial charge in [-0.1, -0.05) is 24.6 Å². The maximum atomic E-state index is 12.9. The van der Waals surface area contributed by atoms with Gasteiger partial charge in [-0.25, -0.2) is 4.68 Å². The Bertz CT molecular complexity index is 882. The minimum Gasteiger partial charge on any atom is -0.346 e. The van der Waals surface area contributed by atoms with E-state index in [1.807, 2.05) is 24.1 Å². The van der Waals surface area contributed by atoms with E-state index in [4.69, 9.17) is 0 Å². The molecule has 3 heterocycles. The number of hydrogen-bond acceptors (Lipinski definition) is 4. The molecule has 0 saturated carbocycles. The minimum atomic E-state index is -0.232. The van der Waals surface area contributed by atoms with Crippen molar-refractivity contribution in [1.82, 2.24) is 29.7 Å². The molecule has 0 unspecified atom stereocenters. The standard InChI is InChI=1S/C18H22N6O/c1-22(12-13-23-11-9-14-6-2-3-8-16(14)23)18(25)15-7-4-5-10-24-17(15)19-20-21-24/h2-3,6,8-9,11,15H,4-5,7,10,12-13H2,1H3/t15-/m0/s1. The van der Waals surface area contributed by atoms with Gasteiger partial charge in [0.05, 0.1) is 5.92 Å². The van der Waals surface area contributed by atoms with Crippen molar-refractivity contribution in [1.29, 1.82) is 0 Å². The van der Waals surface area contributed by atoms with Crippen LogP contribution in [0.4, 0.5) is 0 Å². The van der Waals surface area contributed by atoms with Crippen LogP contribution in [0.3, 0.4) is 0 Å². The van der Waals surface area contributed by atoms with Crippen LogP contribution in [0.15, 0.2) is 36.5 Å². The minimum absolute atomic E-state index is 0.106. The number of para-hydroxylation sites is 1. The number of aryl methyl sites for hydroxylation is 1. The SMILES string of the molecule is CN(CCn1ccc2ccccc21)C(=O)[C@H]1CCCCn2nnnc21. The van der Waals surface area contributed by atoms with Gasteiger partial charge < -0.3 is 9.47 Å². The molecule has 130 valence electrons. The third-order valence-electron chi connectivity index (χ3n) is 5.01. The monoisotopic (exact) mass is 338 g/mol. The number of aromatic nitrogens is 5. The van der Waals surface area contributed by atoms with Crippen LogP contribution >= 0.6 is 0 Å². The van der Waals surface area contributed by atoms with Gasteiger partial charge in [0.25, 0.3) is 0 Å². The van der Waals surface area contributed by atoms with Crippen molar-refractivity contribution < 1.29 is 4.79 Å². The van der Waals surface area contributed by atoms with Crippen molar-refractivity contribution in [3.8, 4) is 0 Å². The third kappa shape index (κ3) is 3.01. The second-order valence-electron chi connectivity index (χ2n) is 6.64. The Hall–Kier alpha value is -2.70. The molecular formula is C18H22N6O. The van der Waals surface area contributed by atoms with Crippen LogP contribution in [0.2, 0.25) is 0 Å². The van der Waals surface area contributed by atoms with E-state index in [9.17, 15) is 4.79 Å². The summed E-state index contributed by atoms with van der Waals surface area (Å²) in [5.41, 5.74) is 1.20.